The number of hydrogen-bond donors (Lipinski definition) is 0. The number of para-hydroxylation sites is 3. The summed E-state index contributed by atoms with van der Waals surface area (Å²) in [5, 5.41) is 12.2. The predicted molar refractivity (Wildman–Crippen MR) is 181 cm³/mol. The standard InChI is InChI=1S/C36H41N5O2Si/c1-27-17-19-28(20-18-27)35(43-44(2,3)4)36(21-22-39-23-25-42-26-24-39,41-34-16-10-7-13-31(34)37-38-41)40-32-14-8-5-11-29(32)30-12-6-9-15-33(30)40/h5-20,35H,21-26H2,1-4H3. The van der Waals surface area contributed by atoms with Crippen molar-refractivity contribution in [1.29, 1.82) is 0 Å². The van der Waals surface area contributed by atoms with Crippen LogP contribution in [0, 0.1) is 6.92 Å². The van der Waals surface area contributed by atoms with Gasteiger partial charge in [0.05, 0.1) is 29.8 Å². The molecule has 6 aromatic rings. The summed E-state index contributed by atoms with van der Waals surface area (Å²) in [7, 11) is -2.13. The Kier molecular flexibility index (Phi) is 7.62. The van der Waals surface area contributed by atoms with Gasteiger partial charge in [-0.1, -0.05) is 83.6 Å². The minimum Gasteiger partial charge on any atom is -0.406 e. The van der Waals surface area contributed by atoms with Gasteiger partial charge in [-0.15, -0.1) is 5.10 Å². The summed E-state index contributed by atoms with van der Waals surface area (Å²) in [5.74, 6) is 0. The topological polar surface area (TPSA) is 57.3 Å². The van der Waals surface area contributed by atoms with E-state index in [1.165, 1.54) is 16.3 Å². The molecule has 0 aliphatic carbocycles. The fourth-order valence-electron chi connectivity index (χ4n) is 6.84. The molecule has 0 saturated carbocycles. The van der Waals surface area contributed by atoms with Crippen molar-refractivity contribution >= 4 is 41.2 Å². The molecule has 7 rings (SSSR count). The smallest absolute Gasteiger partial charge is 0.184 e. The molecule has 0 N–H and O–H groups in total. The third kappa shape index (κ3) is 5.15. The zero-order chi connectivity index (χ0) is 30.3. The number of nitrogens with zero attached hydrogens (tertiary/aromatic N) is 5. The second-order valence-corrected chi connectivity index (χ2v) is 17.4. The number of morpholine rings is 1. The van der Waals surface area contributed by atoms with Gasteiger partial charge in [0, 0.05) is 36.8 Å². The SMILES string of the molecule is Cc1ccc(C(O[Si](C)(C)C)C(CCN2CCOCC2)(n2nnc3ccccc32)n2c3ccccc3c3ccccc32)cc1. The van der Waals surface area contributed by atoms with Crippen LogP contribution in [0.2, 0.25) is 19.6 Å². The number of rotatable bonds is 9. The molecule has 8 heteroatoms. The molecule has 1 fully saturated rings. The average Bonchev–Trinajstić information content (AvgIpc) is 3.62. The maximum atomic E-state index is 7.45. The zero-order valence-electron chi connectivity index (χ0n) is 26.1. The minimum atomic E-state index is -2.13. The van der Waals surface area contributed by atoms with E-state index < -0.39 is 14.0 Å². The van der Waals surface area contributed by atoms with Gasteiger partial charge >= 0.3 is 0 Å². The highest BCUT2D eigenvalue weighted by Crippen LogP contribution is 2.47. The molecule has 3 heterocycles. The molecule has 1 aliphatic heterocycles. The van der Waals surface area contributed by atoms with Crippen LogP contribution in [0.5, 0.6) is 0 Å². The molecule has 1 aliphatic rings. The Labute approximate surface area is 260 Å². The van der Waals surface area contributed by atoms with Crippen molar-refractivity contribution in [3.05, 3.63) is 108 Å². The van der Waals surface area contributed by atoms with Gasteiger partial charge in [-0.3, -0.25) is 4.90 Å². The second-order valence-electron chi connectivity index (χ2n) is 13.0. The number of hydrogen-bond acceptors (Lipinski definition) is 5. The van der Waals surface area contributed by atoms with E-state index in [4.69, 9.17) is 19.5 Å². The van der Waals surface area contributed by atoms with Crippen LogP contribution in [0.1, 0.15) is 23.7 Å². The number of aromatic nitrogens is 4. The van der Waals surface area contributed by atoms with E-state index in [9.17, 15) is 0 Å². The second kappa shape index (κ2) is 11.6. The van der Waals surface area contributed by atoms with E-state index in [0.717, 1.165) is 66.9 Å². The molecule has 226 valence electrons. The summed E-state index contributed by atoms with van der Waals surface area (Å²) in [4.78, 5) is 2.52. The van der Waals surface area contributed by atoms with E-state index in [-0.39, 0.29) is 6.10 Å². The molecule has 2 aromatic heterocycles. The highest BCUT2D eigenvalue weighted by atomic mass is 28.4. The van der Waals surface area contributed by atoms with E-state index in [1.807, 2.05) is 6.07 Å². The molecule has 7 nitrogen and oxygen atoms in total. The fraction of sp³-hybridized carbons (Fsp3) is 0.333. The van der Waals surface area contributed by atoms with Gasteiger partial charge in [-0.05, 0) is 56.4 Å². The van der Waals surface area contributed by atoms with Crippen molar-refractivity contribution in [3.63, 3.8) is 0 Å². The van der Waals surface area contributed by atoms with Crippen molar-refractivity contribution in [2.24, 2.45) is 0 Å². The summed E-state index contributed by atoms with van der Waals surface area (Å²) in [6.45, 7) is 13.2. The van der Waals surface area contributed by atoms with Gasteiger partial charge in [-0.25, -0.2) is 4.68 Å². The summed E-state index contributed by atoms with van der Waals surface area (Å²) < 4.78 is 17.9. The van der Waals surface area contributed by atoms with E-state index in [2.05, 4.69) is 132 Å². The quantitative estimate of drug-likeness (QED) is 0.162. The van der Waals surface area contributed by atoms with Crippen molar-refractivity contribution in [2.75, 3.05) is 32.8 Å². The normalized spacial score (nSPS) is 16.9. The highest BCUT2D eigenvalue weighted by Gasteiger charge is 2.49. The Balaban J connectivity index is 1.62. The molecule has 44 heavy (non-hydrogen) atoms. The molecule has 2 atom stereocenters. The Morgan fingerprint density at radius 3 is 2.02 bits per heavy atom. The van der Waals surface area contributed by atoms with Crippen LogP contribution in [-0.2, 0) is 14.8 Å². The molecular weight excluding hydrogens is 563 g/mol. The lowest BCUT2D eigenvalue weighted by Crippen LogP contribution is -2.53. The molecule has 0 spiro atoms. The van der Waals surface area contributed by atoms with Crippen LogP contribution >= 0.6 is 0 Å². The van der Waals surface area contributed by atoms with Gasteiger partial charge in [0.25, 0.3) is 0 Å². The number of ether oxygens (including phenoxy) is 1. The lowest BCUT2D eigenvalue weighted by atomic mass is 9.90. The molecule has 0 radical (unpaired) electrons. The van der Waals surface area contributed by atoms with Gasteiger partial charge in [0.2, 0.25) is 0 Å². The number of benzene rings is 4. The first kappa shape index (κ1) is 28.9. The molecule has 2 unspecified atom stereocenters. The average molecular weight is 604 g/mol. The molecule has 0 bridgehead atoms. The Morgan fingerprint density at radius 2 is 1.39 bits per heavy atom. The van der Waals surface area contributed by atoms with Crippen LogP contribution in [0.25, 0.3) is 32.8 Å². The van der Waals surface area contributed by atoms with Crippen LogP contribution < -0.4 is 0 Å². The van der Waals surface area contributed by atoms with Crippen LogP contribution in [0.15, 0.2) is 97.1 Å². The van der Waals surface area contributed by atoms with Gasteiger partial charge in [0.15, 0.2) is 14.0 Å². The van der Waals surface area contributed by atoms with Crippen molar-refractivity contribution < 1.29 is 9.16 Å². The van der Waals surface area contributed by atoms with Gasteiger partial charge < -0.3 is 13.7 Å². The third-order valence-corrected chi connectivity index (χ3v) is 9.80. The summed E-state index contributed by atoms with van der Waals surface area (Å²) in [6, 6.07) is 34.7. The summed E-state index contributed by atoms with van der Waals surface area (Å²) >= 11 is 0. The van der Waals surface area contributed by atoms with Gasteiger partial charge in [-0.2, -0.15) is 0 Å². The monoisotopic (exact) mass is 603 g/mol. The van der Waals surface area contributed by atoms with Gasteiger partial charge in [0.1, 0.15) is 11.6 Å². The first-order valence-corrected chi connectivity index (χ1v) is 19.1. The van der Waals surface area contributed by atoms with E-state index in [0.29, 0.717) is 0 Å². The first-order chi connectivity index (χ1) is 21.3. The van der Waals surface area contributed by atoms with Crippen molar-refractivity contribution in [2.45, 2.75) is 44.8 Å². The minimum absolute atomic E-state index is 0.347. The Hall–Kier alpha value is -3.82. The van der Waals surface area contributed by atoms with Crippen molar-refractivity contribution in [3.8, 4) is 0 Å². The molecule has 1 saturated heterocycles. The maximum absolute atomic E-state index is 7.45. The summed E-state index contributed by atoms with van der Waals surface area (Å²) in [6.07, 6.45) is 0.409. The lowest BCUT2D eigenvalue weighted by Gasteiger charge is -2.46. The third-order valence-electron chi connectivity index (χ3n) is 8.86. The zero-order valence-corrected chi connectivity index (χ0v) is 27.1. The van der Waals surface area contributed by atoms with Crippen molar-refractivity contribution in [1.82, 2.24) is 24.5 Å². The van der Waals surface area contributed by atoms with Crippen LogP contribution in [0.3, 0.4) is 0 Å². The number of aryl methyl sites for hydroxylation is 1. The maximum Gasteiger partial charge on any atom is 0.184 e. The Bertz CT molecular complexity index is 1850. The molecule has 0 amide bonds. The van der Waals surface area contributed by atoms with Crippen LogP contribution in [-0.4, -0.2) is 65.6 Å². The van der Waals surface area contributed by atoms with Crippen LogP contribution in [0.4, 0.5) is 0 Å². The Morgan fingerprint density at radius 1 is 0.795 bits per heavy atom. The summed E-state index contributed by atoms with van der Waals surface area (Å²) in [5.41, 5.74) is 5.75. The molecule has 4 aromatic carbocycles. The largest absolute Gasteiger partial charge is 0.406 e. The van der Waals surface area contributed by atoms with E-state index in [1.54, 1.807) is 0 Å². The first-order valence-electron chi connectivity index (χ1n) is 15.7. The van der Waals surface area contributed by atoms with E-state index >= 15 is 0 Å². The highest BCUT2D eigenvalue weighted by molar-refractivity contribution is 6.69. The number of fused-ring (bicyclic) bond motifs is 4. The molecular formula is C36H41N5O2Si. The predicted octanol–water partition coefficient (Wildman–Crippen LogP) is 7.36. The fourth-order valence-corrected chi connectivity index (χ4v) is 7.87. The lowest BCUT2D eigenvalue weighted by molar-refractivity contribution is -0.00818.